The van der Waals surface area contributed by atoms with Gasteiger partial charge < -0.3 is 4.74 Å². The number of rotatable bonds is 4. The molecular formula is C17H12N2O4S2. The third-order valence-electron chi connectivity index (χ3n) is 3.54. The highest BCUT2D eigenvalue weighted by Crippen LogP contribution is 2.37. The fourth-order valence-corrected chi connectivity index (χ4v) is 3.63. The molecule has 1 saturated heterocycles. The molecule has 3 rings (SSSR count). The molecule has 0 spiro atoms. The molecular weight excluding hydrogens is 360 g/mol. The van der Waals surface area contributed by atoms with Crippen molar-refractivity contribution in [2.45, 2.75) is 0 Å². The summed E-state index contributed by atoms with van der Waals surface area (Å²) >= 11 is 6.42. The van der Waals surface area contributed by atoms with Gasteiger partial charge in [0.15, 0.2) is 4.32 Å². The van der Waals surface area contributed by atoms with E-state index in [9.17, 15) is 14.9 Å². The lowest BCUT2D eigenvalue weighted by atomic mass is 10.1. The van der Waals surface area contributed by atoms with Gasteiger partial charge in [0.25, 0.3) is 11.6 Å². The van der Waals surface area contributed by atoms with E-state index in [1.54, 1.807) is 49.6 Å². The Labute approximate surface area is 153 Å². The van der Waals surface area contributed by atoms with E-state index in [0.717, 1.165) is 11.8 Å². The van der Waals surface area contributed by atoms with Gasteiger partial charge in [-0.2, -0.15) is 0 Å². The summed E-state index contributed by atoms with van der Waals surface area (Å²) in [6.45, 7) is 0. The van der Waals surface area contributed by atoms with E-state index in [0.29, 0.717) is 26.2 Å². The first-order valence-corrected chi connectivity index (χ1v) is 8.39. The van der Waals surface area contributed by atoms with Crippen molar-refractivity contribution in [3.63, 3.8) is 0 Å². The van der Waals surface area contributed by atoms with Crippen molar-refractivity contribution < 1.29 is 14.5 Å². The zero-order valence-electron chi connectivity index (χ0n) is 13.0. The number of nitro groups is 1. The van der Waals surface area contributed by atoms with Gasteiger partial charge in [-0.05, 0) is 36.4 Å². The molecule has 0 aliphatic carbocycles. The van der Waals surface area contributed by atoms with E-state index < -0.39 is 4.92 Å². The number of benzene rings is 2. The van der Waals surface area contributed by atoms with Crippen LogP contribution in [-0.2, 0) is 4.79 Å². The second kappa shape index (κ2) is 7.04. The highest BCUT2D eigenvalue weighted by molar-refractivity contribution is 8.27. The Morgan fingerprint density at radius 3 is 2.52 bits per heavy atom. The molecule has 0 unspecified atom stereocenters. The van der Waals surface area contributed by atoms with Crippen LogP contribution in [0.1, 0.15) is 5.56 Å². The van der Waals surface area contributed by atoms with E-state index in [4.69, 9.17) is 17.0 Å². The summed E-state index contributed by atoms with van der Waals surface area (Å²) in [5.74, 6) is 0.364. The summed E-state index contributed by atoms with van der Waals surface area (Å²) in [7, 11) is 1.56. The molecule has 25 heavy (non-hydrogen) atoms. The number of anilines is 1. The van der Waals surface area contributed by atoms with Crippen molar-refractivity contribution in [2.75, 3.05) is 12.0 Å². The van der Waals surface area contributed by atoms with Crippen LogP contribution in [0, 0.1) is 10.1 Å². The minimum atomic E-state index is -0.476. The largest absolute Gasteiger partial charge is 0.497 e. The Morgan fingerprint density at radius 2 is 1.88 bits per heavy atom. The number of carbonyl (C=O) groups is 1. The molecule has 0 N–H and O–H groups in total. The van der Waals surface area contributed by atoms with E-state index in [2.05, 4.69) is 0 Å². The molecule has 1 aliphatic rings. The van der Waals surface area contributed by atoms with Crippen molar-refractivity contribution in [3.05, 3.63) is 69.1 Å². The number of hydrogen-bond donors (Lipinski definition) is 0. The number of nitro benzene ring substituents is 1. The molecule has 2 aromatic rings. The topological polar surface area (TPSA) is 72.7 Å². The molecule has 2 aromatic carbocycles. The van der Waals surface area contributed by atoms with Crippen LogP contribution < -0.4 is 9.64 Å². The van der Waals surface area contributed by atoms with Gasteiger partial charge in [0.2, 0.25) is 0 Å². The Bertz CT molecular complexity index is 894. The minimum absolute atomic E-state index is 0.0581. The number of para-hydroxylation sites is 1. The van der Waals surface area contributed by atoms with Crippen LogP contribution in [0.2, 0.25) is 0 Å². The van der Waals surface area contributed by atoms with Gasteiger partial charge in [-0.25, -0.2) is 0 Å². The number of thioether (sulfide) groups is 1. The molecule has 1 amide bonds. The van der Waals surface area contributed by atoms with Gasteiger partial charge >= 0.3 is 0 Å². The number of carbonyl (C=O) groups excluding carboxylic acids is 1. The van der Waals surface area contributed by atoms with Gasteiger partial charge in [0, 0.05) is 6.07 Å². The second-order valence-electron chi connectivity index (χ2n) is 5.03. The van der Waals surface area contributed by atoms with Crippen LogP contribution in [-0.4, -0.2) is 22.3 Å². The number of nitrogens with zero attached hydrogens (tertiary/aromatic N) is 2. The molecule has 1 heterocycles. The molecule has 0 saturated carbocycles. The summed E-state index contributed by atoms with van der Waals surface area (Å²) in [5.41, 5.74) is 0.925. The lowest BCUT2D eigenvalue weighted by Crippen LogP contribution is -2.27. The molecule has 0 bridgehead atoms. The van der Waals surface area contributed by atoms with Crippen LogP contribution in [0.15, 0.2) is 53.4 Å². The van der Waals surface area contributed by atoms with Crippen LogP contribution in [0.5, 0.6) is 5.75 Å². The van der Waals surface area contributed by atoms with E-state index in [-0.39, 0.29) is 11.6 Å². The smallest absolute Gasteiger partial charge is 0.276 e. The summed E-state index contributed by atoms with van der Waals surface area (Å²) in [6, 6.07) is 13.2. The van der Waals surface area contributed by atoms with Gasteiger partial charge in [-0.1, -0.05) is 36.1 Å². The van der Waals surface area contributed by atoms with Crippen LogP contribution in [0.25, 0.3) is 6.08 Å². The summed E-state index contributed by atoms with van der Waals surface area (Å²) in [4.78, 5) is 25.1. The molecule has 0 aromatic heterocycles. The van der Waals surface area contributed by atoms with Crippen LogP contribution in [0.3, 0.4) is 0 Å². The molecule has 6 nitrogen and oxygen atoms in total. The Balaban J connectivity index is 1.94. The van der Waals surface area contributed by atoms with Crippen molar-refractivity contribution >= 4 is 51.7 Å². The quantitative estimate of drug-likeness (QED) is 0.349. The fourth-order valence-electron chi connectivity index (χ4n) is 2.34. The first kappa shape index (κ1) is 17.1. The Morgan fingerprint density at radius 1 is 1.20 bits per heavy atom. The molecule has 1 aliphatic heterocycles. The molecule has 126 valence electrons. The second-order valence-corrected chi connectivity index (χ2v) is 6.71. The lowest BCUT2D eigenvalue weighted by molar-refractivity contribution is -0.385. The van der Waals surface area contributed by atoms with Gasteiger partial charge in [0.1, 0.15) is 5.75 Å². The monoisotopic (exact) mass is 372 g/mol. The number of amides is 1. The molecule has 8 heteroatoms. The third-order valence-corrected chi connectivity index (χ3v) is 4.85. The first-order valence-electron chi connectivity index (χ1n) is 7.16. The minimum Gasteiger partial charge on any atom is -0.497 e. The van der Waals surface area contributed by atoms with Crippen molar-refractivity contribution in [1.29, 1.82) is 0 Å². The van der Waals surface area contributed by atoms with Crippen molar-refractivity contribution in [1.82, 2.24) is 0 Å². The normalized spacial score (nSPS) is 15.7. The SMILES string of the molecule is COc1ccc(N2C(=O)/C(=C\c3ccccc3[N+](=O)[O-])SC2=S)cc1. The number of methoxy groups -OCH3 is 1. The van der Waals surface area contributed by atoms with E-state index >= 15 is 0 Å². The number of ether oxygens (including phenoxy) is 1. The average Bonchev–Trinajstić information content (AvgIpc) is 2.89. The maximum atomic E-state index is 12.7. The van der Waals surface area contributed by atoms with Gasteiger partial charge in [-0.3, -0.25) is 19.8 Å². The van der Waals surface area contributed by atoms with Gasteiger partial charge in [-0.15, -0.1) is 0 Å². The Kier molecular flexibility index (Phi) is 4.82. The summed E-state index contributed by atoms with van der Waals surface area (Å²) in [6.07, 6.45) is 1.50. The van der Waals surface area contributed by atoms with Crippen molar-refractivity contribution in [3.8, 4) is 5.75 Å². The fraction of sp³-hybridized carbons (Fsp3) is 0.0588. The summed E-state index contributed by atoms with van der Waals surface area (Å²) < 4.78 is 5.48. The Hall–Kier alpha value is -2.71. The summed E-state index contributed by atoms with van der Waals surface area (Å²) in [5, 5.41) is 11.1. The molecule has 0 radical (unpaired) electrons. The van der Waals surface area contributed by atoms with E-state index in [1.807, 2.05) is 0 Å². The van der Waals surface area contributed by atoms with E-state index in [1.165, 1.54) is 17.0 Å². The number of hydrogen-bond acceptors (Lipinski definition) is 6. The third kappa shape index (κ3) is 3.40. The molecule has 1 fully saturated rings. The highest BCUT2D eigenvalue weighted by Gasteiger charge is 2.33. The maximum absolute atomic E-state index is 12.7. The predicted molar refractivity (Wildman–Crippen MR) is 102 cm³/mol. The zero-order valence-corrected chi connectivity index (χ0v) is 14.7. The maximum Gasteiger partial charge on any atom is 0.276 e. The first-order chi connectivity index (χ1) is 12.0. The lowest BCUT2D eigenvalue weighted by Gasteiger charge is -2.14. The van der Waals surface area contributed by atoms with Crippen LogP contribution >= 0.6 is 24.0 Å². The molecule has 0 atom stereocenters. The average molecular weight is 372 g/mol. The predicted octanol–water partition coefficient (Wildman–Crippen LogP) is 4.01. The van der Waals surface area contributed by atoms with Gasteiger partial charge in [0.05, 0.1) is 28.2 Å². The standard InChI is InChI=1S/C17H12N2O4S2/c1-23-13-8-6-12(7-9-13)18-16(20)15(25-17(18)24)10-11-4-2-3-5-14(11)19(21)22/h2-10H,1H3/b15-10+. The van der Waals surface area contributed by atoms with Crippen molar-refractivity contribution in [2.24, 2.45) is 0 Å². The highest BCUT2D eigenvalue weighted by atomic mass is 32.2. The number of thiocarbonyl (C=S) groups is 1. The van der Waals surface area contributed by atoms with Crippen LogP contribution in [0.4, 0.5) is 11.4 Å². The zero-order chi connectivity index (χ0) is 18.0.